The Kier molecular flexibility index (Phi) is 8.46. The summed E-state index contributed by atoms with van der Waals surface area (Å²) in [4.78, 5) is 12.7. The maximum absolute atomic E-state index is 10.2. The quantitative estimate of drug-likeness (QED) is 0.371. The molecule has 2 nitrogen and oxygen atoms in total. The third-order valence-corrected chi connectivity index (χ3v) is 0.681. The van der Waals surface area contributed by atoms with Gasteiger partial charge in [0, 0.05) is 12.3 Å². The molecule has 0 aliphatic heterocycles. The van der Waals surface area contributed by atoms with Gasteiger partial charge in [0.25, 0.3) is 0 Å². The first-order valence-corrected chi connectivity index (χ1v) is 2.03. The van der Waals surface area contributed by atoms with Crippen LogP contribution in [-0.2, 0) is 0 Å². The summed E-state index contributed by atoms with van der Waals surface area (Å²) in [5.74, 6) is 0. The number of aromatic nitrogens is 1. The van der Waals surface area contributed by atoms with Gasteiger partial charge >= 0.3 is 29.6 Å². The summed E-state index contributed by atoms with van der Waals surface area (Å²) in [6, 6.07) is 4.93. The van der Waals surface area contributed by atoms with Crippen molar-refractivity contribution >= 4 is 0 Å². The van der Waals surface area contributed by atoms with E-state index in [9.17, 15) is 4.79 Å². The van der Waals surface area contributed by atoms with E-state index in [2.05, 4.69) is 4.98 Å². The van der Waals surface area contributed by atoms with E-state index in [-0.39, 0.29) is 47.5 Å². The fraction of sp³-hybridized carbons (Fsp3) is 0. The van der Waals surface area contributed by atoms with Crippen molar-refractivity contribution in [2.45, 2.75) is 0 Å². The second kappa shape index (κ2) is 6.36. The van der Waals surface area contributed by atoms with Crippen molar-refractivity contribution in [3.05, 3.63) is 34.7 Å². The normalized spacial score (nSPS) is 6.67. The number of halogens is 1. The van der Waals surface area contributed by atoms with Crippen LogP contribution in [0.15, 0.2) is 29.2 Å². The van der Waals surface area contributed by atoms with Gasteiger partial charge in [-0.05, 0) is 6.07 Å². The molecular weight excluding hydrogens is 149 g/mol. The van der Waals surface area contributed by atoms with Crippen LogP contribution in [0.2, 0.25) is 0 Å². The van der Waals surface area contributed by atoms with Crippen LogP contribution in [0.5, 0.6) is 0 Å². The Morgan fingerprint density at radius 2 is 2.00 bits per heavy atom. The summed E-state index contributed by atoms with van der Waals surface area (Å²) in [5, 5.41) is 0. The van der Waals surface area contributed by atoms with E-state index in [1.807, 2.05) is 0 Å². The molecule has 4 heteroatoms. The first-order chi connectivity index (χ1) is 3.39. The molecule has 0 amide bonds. The molecule has 1 heterocycles. The van der Waals surface area contributed by atoms with Crippen molar-refractivity contribution in [1.29, 1.82) is 0 Å². The third-order valence-electron chi connectivity index (χ3n) is 0.681. The molecule has 1 aromatic heterocycles. The topological polar surface area (TPSA) is 32.9 Å². The largest absolute Gasteiger partial charge is 1.00 e. The number of rotatable bonds is 0. The van der Waals surface area contributed by atoms with Gasteiger partial charge in [-0.25, -0.2) is 0 Å². The van der Waals surface area contributed by atoms with Crippen LogP contribution >= 0.6 is 0 Å². The van der Waals surface area contributed by atoms with Crippen LogP contribution in [0.1, 0.15) is 0 Å². The number of aromatic amines is 1. The van der Waals surface area contributed by atoms with Gasteiger partial charge in [-0.15, -0.1) is 0 Å². The van der Waals surface area contributed by atoms with E-state index in [0.717, 1.165) is 0 Å². The molecule has 0 radical (unpaired) electrons. The number of H-pyrrole nitrogens is 1. The molecule has 0 atom stereocenters. The number of hydrogen-bond donors (Lipinski definition) is 1. The van der Waals surface area contributed by atoms with Crippen molar-refractivity contribution in [3.8, 4) is 0 Å². The third kappa shape index (κ3) is 4.73. The molecule has 1 N–H and O–H groups in total. The Bertz CT molecular complexity index is 183. The van der Waals surface area contributed by atoms with Crippen molar-refractivity contribution in [2.75, 3.05) is 0 Å². The fourth-order valence-electron chi connectivity index (χ4n) is 0.377. The molecule has 0 bridgehead atoms. The summed E-state index contributed by atoms with van der Waals surface area (Å²) in [6.07, 6.45) is 1.60. The summed E-state index contributed by atoms with van der Waals surface area (Å²) < 4.78 is 0. The van der Waals surface area contributed by atoms with E-state index in [1.165, 1.54) is 6.07 Å². The minimum Gasteiger partial charge on any atom is -1.00 e. The zero-order valence-electron chi connectivity index (χ0n) is 5.10. The van der Waals surface area contributed by atoms with Gasteiger partial charge in [-0.3, -0.25) is 4.79 Å². The van der Waals surface area contributed by atoms with Crippen molar-refractivity contribution < 1.29 is 42.0 Å². The Labute approximate surface area is 81.4 Å². The molecule has 0 saturated heterocycles. The predicted molar refractivity (Wildman–Crippen MR) is 27.1 cm³/mol. The zero-order valence-corrected chi connectivity index (χ0v) is 7.85. The number of pyridine rings is 1. The summed E-state index contributed by atoms with van der Waals surface area (Å²) in [7, 11) is 0. The fourth-order valence-corrected chi connectivity index (χ4v) is 0.377. The van der Waals surface area contributed by atoms with Crippen LogP contribution in [0, 0.1) is 0 Å². The second-order valence-electron chi connectivity index (χ2n) is 1.23. The Morgan fingerprint density at radius 1 is 1.33 bits per heavy atom. The Balaban J connectivity index is 0. The van der Waals surface area contributed by atoms with Crippen LogP contribution in [0.3, 0.4) is 0 Å². The molecule has 0 aliphatic rings. The van der Waals surface area contributed by atoms with E-state index >= 15 is 0 Å². The van der Waals surface area contributed by atoms with Gasteiger partial charge < -0.3 is 17.4 Å². The van der Waals surface area contributed by atoms with E-state index in [1.54, 1.807) is 18.3 Å². The summed E-state index contributed by atoms with van der Waals surface area (Å²) in [6.45, 7) is 0. The molecule has 1 aromatic rings. The van der Waals surface area contributed by atoms with E-state index < -0.39 is 0 Å². The SMILES string of the molecule is O=c1cccc[nH]1.[Cl-].[Na+]. The molecule has 0 saturated carbocycles. The van der Waals surface area contributed by atoms with Gasteiger partial charge in [0.2, 0.25) is 5.56 Å². The maximum Gasteiger partial charge on any atom is 1.00 e. The van der Waals surface area contributed by atoms with Crippen molar-refractivity contribution in [1.82, 2.24) is 4.98 Å². The Morgan fingerprint density at radius 3 is 2.22 bits per heavy atom. The van der Waals surface area contributed by atoms with Crippen molar-refractivity contribution in [2.24, 2.45) is 0 Å². The van der Waals surface area contributed by atoms with Gasteiger partial charge in [0.05, 0.1) is 0 Å². The maximum atomic E-state index is 10.2. The minimum absolute atomic E-state index is 0. The minimum atomic E-state index is -0.0532. The smallest absolute Gasteiger partial charge is 1.00 e. The molecule has 0 spiro atoms. The first-order valence-electron chi connectivity index (χ1n) is 2.03. The van der Waals surface area contributed by atoms with Gasteiger partial charge in [-0.1, -0.05) is 6.07 Å². The van der Waals surface area contributed by atoms with E-state index in [4.69, 9.17) is 0 Å². The standard InChI is InChI=1S/C5H5NO.ClH.Na/c7-5-3-1-2-4-6-5;;/h1-4H,(H,6,7);1H;/q;;+1/p-1. The zero-order chi connectivity index (χ0) is 5.11. The molecule has 0 aliphatic carbocycles. The van der Waals surface area contributed by atoms with Crippen LogP contribution in [0.4, 0.5) is 0 Å². The van der Waals surface area contributed by atoms with Gasteiger partial charge in [-0.2, -0.15) is 0 Å². The molecule has 0 aromatic carbocycles. The van der Waals surface area contributed by atoms with Crippen LogP contribution < -0.4 is 47.5 Å². The van der Waals surface area contributed by atoms with Crippen LogP contribution in [-0.4, -0.2) is 4.98 Å². The number of nitrogens with one attached hydrogen (secondary N) is 1. The van der Waals surface area contributed by atoms with Crippen LogP contribution in [0.25, 0.3) is 0 Å². The van der Waals surface area contributed by atoms with Crippen molar-refractivity contribution in [3.63, 3.8) is 0 Å². The molecule has 1 rings (SSSR count). The van der Waals surface area contributed by atoms with E-state index in [0.29, 0.717) is 0 Å². The van der Waals surface area contributed by atoms with Gasteiger partial charge in [0.1, 0.15) is 0 Å². The summed E-state index contributed by atoms with van der Waals surface area (Å²) in [5.41, 5.74) is -0.0532. The molecule has 0 unspecified atom stereocenters. The molecule has 44 valence electrons. The Hall–Kier alpha value is 0.240. The molecular formula is C5H5ClNNaO. The first kappa shape index (κ1) is 12.0. The monoisotopic (exact) mass is 153 g/mol. The average molecular weight is 154 g/mol. The predicted octanol–water partition coefficient (Wildman–Crippen LogP) is -5.62. The number of hydrogen-bond acceptors (Lipinski definition) is 1. The average Bonchev–Trinajstić information content (AvgIpc) is 1.69. The molecule has 9 heavy (non-hydrogen) atoms. The second-order valence-corrected chi connectivity index (χ2v) is 1.23. The molecule has 0 fully saturated rings. The summed E-state index contributed by atoms with van der Waals surface area (Å²) >= 11 is 0. The van der Waals surface area contributed by atoms with Gasteiger partial charge in [0.15, 0.2) is 0 Å².